The number of likely N-dealkylation sites (tertiary alicyclic amines) is 1. The molecule has 112 valence electrons. The summed E-state index contributed by atoms with van der Waals surface area (Å²) in [6.07, 6.45) is 4.85. The van der Waals surface area contributed by atoms with E-state index in [9.17, 15) is 14.7 Å². The van der Waals surface area contributed by atoms with Gasteiger partial charge in [0.15, 0.2) is 0 Å². The number of fused-ring (bicyclic) bond motifs is 1. The standard InChI is InChI=1S/C15H23NO4/c1-3-4-8-20-10(2)14(17)16-9-11-6-5-7-12(11)13(16)15(18)19/h3,10-13H,1,4-9H2,2H3,(H,18,19). The summed E-state index contributed by atoms with van der Waals surface area (Å²) in [4.78, 5) is 25.4. The largest absolute Gasteiger partial charge is 0.480 e. The van der Waals surface area contributed by atoms with Crippen molar-refractivity contribution >= 4 is 11.9 Å². The maximum atomic E-state index is 12.4. The van der Waals surface area contributed by atoms with Gasteiger partial charge in [-0.2, -0.15) is 0 Å². The molecule has 1 saturated carbocycles. The Labute approximate surface area is 119 Å². The Morgan fingerprint density at radius 3 is 2.90 bits per heavy atom. The first-order valence-corrected chi connectivity index (χ1v) is 7.32. The van der Waals surface area contributed by atoms with Crippen molar-refractivity contribution in [1.82, 2.24) is 4.90 Å². The molecular weight excluding hydrogens is 258 g/mol. The zero-order chi connectivity index (χ0) is 14.7. The van der Waals surface area contributed by atoms with E-state index in [-0.39, 0.29) is 11.8 Å². The molecule has 1 heterocycles. The summed E-state index contributed by atoms with van der Waals surface area (Å²) in [6.45, 7) is 6.30. The molecule has 2 aliphatic rings. The van der Waals surface area contributed by atoms with Crippen LogP contribution >= 0.6 is 0 Å². The number of carbonyl (C=O) groups excluding carboxylic acids is 1. The number of ether oxygens (including phenoxy) is 1. The zero-order valence-corrected chi connectivity index (χ0v) is 12.0. The van der Waals surface area contributed by atoms with Gasteiger partial charge in [-0.05, 0) is 38.0 Å². The average molecular weight is 281 g/mol. The van der Waals surface area contributed by atoms with Gasteiger partial charge in [0, 0.05) is 6.54 Å². The second-order valence-electron chi connectivity index (χ2n) is 5.72. The second-order valence-corrected chi connectivity index (χ2v) is 5.72. The van der Waals surface area contributed by atoms with Crippen molar-refractivity contribution in [1.29, 1.82) is 0 Å². The number of amides is 1. The molecule has 0 aromatic carbocycles. The van der Waals surface area contributed by atoms with Crippen molar-refractivity contribution in [3.05, 3.63) is 12.7 Å². The Kier molecular flexibility index (Phi) is 4.81. The van der Waals surface area contributed by atoms with Gasteiger partial charge in [0.25, 0.3) is 5.91 Å². The van der Waals surface area contributed by atoms with Crippen molar-refractivity contribution < 1.29 is 19.4 Å². The number of carboxylic acids is 1. The van der Waals surface area contributed by atoms with Crippen LogP contribution in [0.1, 0.15) is 32.6 Å². The van der Waals surface area contributed by atoms with E-state index in [0.717, 1.165) is 19.3 Å². The Morgan fingerprint density at radius 2 is 2.25 bits per heavy atom. The molecule has 5 nitrogen and oxygen atoms in total. The van der Waals surface area contributed by atoms with Crippen molar-refractivity contribution in [2.24, 2.45) is 11.8 Å². The number of carbonyl (C=O) groups is 2. The van der Waals surface area contributed by atoms with Gasteiger partial charge in [-0.1, -0.05) is 12.5 Å². The summed E-state index contributed by atoms with van der Waals surface area (Å²) in [5, 5.41) is 9.43. The highest BCUT2D eigenvalue weighted by Crippen LogP contribution is 2.42. The highest BCUT2D eigenvalue weighted by molar-refractivity contribution is 5.87. The number of aliphatic carboxylic acids is 1. The fourth-order valence-corrected chi connectivity index (χ4v) is 3.48. The van der Waals surface area contributed by atoms with Crippen LogP contribution in [0.25, 0.3) is 0 Å². The predicted molar refractivity (Wildman–Crippen MR) is 74.2 cm³/mol. The fraction of sp³-hybridized carbons (Fsp3) is 0.733. The van der Waals surface area contributed by atoms with E-state index in [1.54, 1.807) is 13.0 Å². The van der Waals surface area contributed by atoms with Crippen molar-refractivity contribution in [2.75, 3.05) is 13.2 Å². The van der Waals surface area contributed by atoms with Gasteiger partial charge in [-0.25, -0.2) is 4.79 Å². The minimum Gasteiger partial charge on any atom is -0.480 e. The van der Waals surface area contributed by atoms with E-state index >= 15 is 0 Å². The fourth-order valence-electron chi connectivity index (χ4n) is 3.48. The Hall–Kier alpha value is -1.36. The van der Waals surface area contributed by atoms with Crippen LogP contribution in [0.4, 0.5) is 0 Å². The maximum absolute atomic E-state index is 12.4. The van der Waals surface area contributed by atoms with Gasteiger partial charge < -0.3 is 14.7 Å². The topological polar surface area (TPSA) is 66.8 Å². The van der Waals surface area contributed by atoms with E-state index in [1.165, 1.54) is 4.90 Å². The molecule has 2 rings (SSSR count). The predicted octanol–water partition coefficient (Wildman–Crippen LogP) is 1.68. The molecule has 1 aliphatic carbocycles. The van der Waals surface area contributed by atoms with E-state index < -0.39 is 18.1 Å². The molecule has 0 bridgehead atoms. The molecule has 0 radical (unpaired) electrons. The van der Waals surface area contributed by atoms with E-state index in [2.05, 4.69) is 6.58 Å². The summed E-state index contributed by atoms with van der Waals surface area (Å²) >= 11 is 0. The van der Waals surface area contributed by atoms with Crippen LogP contribution in [-0.4, -0.2) is 47.2 Å². The van der Waals surface area contributed by atoms with Crippen molar-refractivity contribution in [3.8, 4) is 0 Å². The third-order valence-corrected chi connectivity index (χ3v) is 4.46. The highest BCUT2D eigenvalue weighted by Gasteiger charge is 2.50. The second kappa shape index (κ2) is 6.39. The summed E-state index contributed by atoms with van der Waals surface area (Å²) < 4.78 is 5.45. The first kappa shape index (κ1) is 15.0. The van der Waals surface area contributed by atoms with Crippen LogP contribution in [0, 0.1) is 11.8 Å². The lowest BCUT2D eigenvalue weighted by atomic mass is 9.94. The Morgan fingerprint density at radius 1 is 1.50 bits per heavy atom. The van der Waals surface area contributed by atoms with Gasteiger partial charge in [0.05, 0.1) is 6.61 Å². The minimum atomic E-state index is -0.883. The molecule has 4 atom stereocenters. The molecule has 2 fully saturated rings. The Bertz CT molecular complexity index is 395. The smallest absolute Gasteiger partial charge is 0.326 e. The highest BCUT2D eigenvalue weighted by atomic mass is 16.5. The molecule has 1 amide bonds. The minimum absolute atomic E-state index is 0.122. The van der Waals surface area contributed by atoms with Crippen LogP contribution < -0.4 is 0 Å². The van der Waals surface area contributed by atoms with Gasteiger partial charge >= 0.3 is 5.97 Å². The number of hydrogen-bond acceptors (Lipinski definition) is 3. The Balaban J connectivity index is 2.01. The summed E-state index contributed by atoms with van der Waals surface area (Å²) in [5.74, 6) is -0.612. The van der Waals surface area contributed by atoms with Gasteiger partial charge in [0.1, 0.15) is 12.1 Å². The summed E-state index contributed by atoms with van der Waals surface area (Å²) in [6, 6.07) is -0.666. The molecule has 0 spiro atoms. The van der Waals surface area contributed by atoms with Gasteiger partial charge in [-0.3, -0.25) is 4.79 Å². The number of hydrogen-bond donors (Lipinski definition) is 1. The summed E-state index contributed by atoms with van der Waals surface area (Å²) in [7, 11) is 0. The lowest BCUT2D eigenvalue weighted by molar-refractivity contribution is -0.154. The zero-order valence-electron chi connectivity index (χ0n) is 12.0. The first-order chi connectivity index (χ1) is 9.56. The van der Waals surface area contributed by atoms with E-state index in [1.807, 2.05) is 0 Å². The van der Waals surface area contributed by atoms with Crippen LogP contribution in [0.15, 0.2) is 12.7 Å². The van der Waals surface area contributed by atoms with Crippen LogP contribution in [0.5, 0.6) is 0 Å². The maximum Gasteiger partial charge on any atom is 0.326 e. The number of carboxylic acid groups (broad SMARTS) is 1. The SMILES string of the molecule is C=CCCOC(C)C(=O)N1CC2CCCC2C1C(=O)O. The molecule has 1 saturated heterocycles. The normalized spacial score (nSPS) is 30.1. The number of rotatable bonds is 6. The summed E-state index contributed by atoms with van der Waals surface area (Å²) in [5.41, 5.74) is 0. The van der Waals surface area contributed by atoms with Crippen LogP contribution in [0.3, 0.4) is 0 Å². The van der Waals surface area contributed by atoms with Gasteiger partial charge in [0.2, 0.25) is 0 Å². The van der Waals surface area contributed by atoms with Gasteiger partial charge in [-0.15, -0.1) is 6.58 Å². The van der Waals surface area contributed by atoms with Crippen molar-refractivity contribution in [3.63, 3.8) is 0 Å². The number of nitrogens with zero attached hydrogens (tertiary/aromatic N) is 1. The first-order valence-electron chi connectivity index (χ1n) is 7.32. The molecule has 1 aliphatic heterocycles. The van der Waals surface area contributed by atoms with Crippen LogP contribution in [-0.2, 0) is 14.3 Å². The van der Waals surface area contributed by atoms with E-state index in [0.29, 0.717) is 25.5 Å². The third kappa shape index (κ3) is 2.87. The lowest BCUT2D eigenvalue weighted by Gasteiger charge is -2.27. The molecule has 5 heteroatoms. The molecule has 20 heavy (non-hydrogen) atoms. The molecule has 4 unspecified atom stereocenters. The molecular formula is C15H23NO4. The van der Waals surface area contributed by atoms with Crippen LogP contribution in [0.2, 0.25) is 0 Å². The monoisotopic (exact) mass is 281 g/mol. The molecule has 1 N–H and O–H groups in total. The molecule has 0 aromatic heterocycles. The molecule has 0 aromatic rings. The van der Waals surface area contributed by atoms with Crippen molar-refractivity contribution in [2.45, 2.75) is 44.8 Å². The van der Waals surface area contributed by atoms with E-state index in [4.69, 9.17) is 4.74 Å². The third-order valence-electron chi connectivity index (χ3n) is 4.46. The quantitative estimate of drug-likeness (QED) is 0.594. The lowest BCUT2D eigenvalue weighted by Crippen LogP contribution is -2.47. The average Bonchev–Trinajstić information content (AvgIpc) is 2.97.